The largest absolute Gasteiger partial charge is 0.340 e. The van der Waals surface area contributed by atoms with E-state index in [1.54, 1.807) is 36.4 Å². The van der Waals surface area contributed by atoms with Gasteiger partial charge in [0.15, 0.2) is 0 Å². The van der Waals surface area contributed by atoms with Crippen molar-refractivity contribution in [2.24, 2.45) is 0 Å². The lowest BCUT2D eigenvalue weighted by atomic mass is 10.2. The Balaban J connectivity index is 1.93. The second-order valence-electron chi connectivity index (χ2n) is 5.74. The van der Waals surface area contributed by atoms with Crippen LogP contribution in [-0.2, 0) is 6.54 Å². The van der Waals surface area contributed by atoms with Crippen LogP contribution in [0.25, 0.3) is 5.69 Å². The predicted octanol–water partition coefficient (Wildman–Crippen LogP) is 2.12. The highest BCUT2D eigenvalue weighted by Crippen LogP contribution is 2.28. The van der Waals surface area contributed by atoms with E-state index in [4.69, 9.17) is 5.26 Å². The first-order chi connectivity index (χ1) is 13.0. The van der Waals surface area contributed by atoms with Gasteiger partial charge in [-0.25, -0.2) is 23.5 Å². The van der Waals surface area contributed by atoms with Crippen molar-refractivity contribution in [2.75, 3.05) is 0 Å². The van der Waals surface area contributed by atoms with E-state index in [0.29, 0.717) is 17.7 Å². The first kappa shape index (κ1) is 18.5. The van der Waals surface area contributed by atoms with Crippen LogP contribution in [0.15, 0.2) is 72.7 Å². The Bertz CT molecular complexity index is 1170. The number of rotatable bonds is 5. The number of nitriles is 1. The summed E-state index contributed by atoms with van der Waals surface area (Å²) in [4.78, 5) is 40.5. The van der Waals surface area contributed by atoms with E-state index in [2.05, 4.69) is 11.1 Å². The standard InChI is InChI=1S/C19H16N4O3S/c1-2-11-22-17(24)21-18(25)23(19(22)26)14-5-9-16(10-6-14)27-15-7-3-13(12-20)4-8-15/h3-10H,2,11H2,1H3,(H,21,24,25). The molecule has 1 N–H and O–H groups in total. The number of nitrogens with zero attached hydrogens (tertiary/aromatic N) is 3. The van der Waals surface area contributed by atoms with E-state index in [0.717, 1.165) is 18.9 Å². The molecule has 0 fully saturated rings. The van der Waals surface area contributed by atoms with E-state index in [-0.39, 0.29) is 6.54 Å². The molecule has 0 aliphatic carbocycles. The molecule has 3 rings (SSSR count). The first-order valence-corrected chi connectivity index (χ1v) is 9.09. The molecule has 27 heavy (non-hydrogen) atoms. The third-order valence-corrected chi connectivity index (χ3v) is 4.86. The third kappa shape index (κ3) is 3.93. The van der Waals surface area contributed by atoms with Crippen LogP contribution in [0.3, 0.4) is 0 Å². The number of aromatic nitrogens is 3. The van der Waals surface area contributed by atoms with Crippen LogP contribution in [0.2, 0.25) is 0 Å². The maximum absolute atomic E-state index is 12.5. The number of benzene rings is 2. The minimum atomic E-state index is -0.759. The first-order valence-electron chi connectivity index (χ1n) is 8.28. The summed E-state index contributed by atoms with van der Waals surface area (Å²) < 4.78 is 1.97. The lowest BCUT2D eigenvalue weighted by Crippen LogP contribution is -2.48. The highest BCUT2D eigenvalue weighted by molar-refractivity contribution is 7.99. The quantitative estimate of drug-likeness (QED) is 0.731. The van der Waals surface area contributed by atoms with Crippen LogP contribution in [0.1, 0.15) is 18.9 Å². The topological polar surface area (TPSA) is 101 Å². The van der Waals surface area contributed by atoms with Crippen molar-refractivity contribution in [3.63, 3.8) is 0 Å². The van der Waals surface area contributed by atoms with Gasteiger partial charge in [0.05, 0.1) is 17.3 Å². The molecule has 8 heteroatoms. The molecule has 0 radical (unpaired) electrons. The molecular formula is C19H16N4O3S. The zero-order chi connectivity index (χ0) is 19.4. The van der Waals surface area contributed by atoms with Gasteiger partial charge < -0.3 is 0 Å². The summed E-state index contributed by atoms with van der Waals surface area (Å²) in [6.07, 6.45) is 0.599. The number of hydrogen-bond acceptors (Lipinski definition) is 5. The molecule has 0 aliphatic rings. The van der Waals surface area contributed by atoms with E-state index in [1.165, 1.54) is 11.8 Å². The van der Waals surface area contributed by atoms with Gasteiger partial charge in [-0.1, -0.05) is 18.7 Å². The monoisotopic (exact) mass is 380 g/mol. The third-order valence-electron chi connectivity index (χ3n) is 3.85. The zero-order valence-corrected chi connectivity index (χ0v) is 15.3. The summed E-state index contributed by atoms with van der Waals surface area (Å²) in [5.41, 5.74) is -1.13. The Hall–Kier alpha value is -3.31. The Kier molecular flexibility index (Phi) is 5.43. The summed E-state index contributed by atoms with van der Waals surface area (Å²) in [5.74, 6) is 0. The van der Waals surface area contributed by atoms with E-state index in [9.17, 15) is 14.4 Å². The van der Waals surface area contributed by atoms with Crippen LogP contribution in [0.4, 0.5) is 0 Å². The summed E-state index contributed by atoms with van der Waals surface area (Å²) in [5, 5.41) is 8.84. The molecule has 1 heterocycles. The fourth-order valence-corrected chi connectivity index (χ4v) is 3.37. The Morgan fingerprint density at radius 3 is 2.11 bits per heavy atom. The molecule has 0 amide bonds. The van der Waals surface area contributed by atoms with Gasteiger partial charge in [-0.15, -0.1) is 0 Å². The molecule has 3 aromatic rings. The van der Waals surface area contributed by atoms with Gasteiger partial charge in [0.1, 0.15) is 0 Å². The fourth-order valence-electron chi connectivity index (χ4n) is 2.55. The van der Waals surface area contributed by atoms with Crippen LogP contribution in [0, 0.1) is 11.3 Å². The fraction of sp³-hybridized carbons (Fsp3) is 0.158. The van der Waals surface area contributed by atoms with Crippen molar-refractivity contribution in [1.29, 1.82) is 5.26 Å². The summed E-state index contributed by atoms with van der Waals surface area (Å²) in [7, 11) is 0. The lowest BCUT2D eigenvalue weighted by molar-refractivity contribution is 0.563. The minimum absolute atomic E-state index is 0.237. The van der Waals surface area contributed by atoms with Crippen molar-refractivity contribution in [1.82, 2.24) is 14.1 Å². The number of nitrogens with one attached hydrogen (secondary N) is 1. The second-order valence-corrected chi connectivity index (χ2v) is 6.88. The van der Waals surface area contributed by atoms with Crippen LogP contribution >= 0.6 is 11.8 Å². The molecule has 0 saturated carbocycles. The van der Waals surface area contributed by atoms with Gasteiger partial charge in [-0.05, 0) is 55.0 Å². The lowest BCUT2D eigenvalue weighted by Gasteiger charge is -2.09. The maximum Gasteiger partial charge on any atom is 0.340 e. The second kappa shape index (κ2) is 7.93. The van der Waals surface area contributed by atoms with Crippen LogP contribution < -0.4 is 17.1 Å². The Labute approximate surface area is 158 Å². The normalized spacial score (nSPS) is 10.5. The van der Waals surface area contributed by atoms with Gasteiger partial charge in [-0.2, -0.15) is 5.26 Å². The predicted molar refractivity (Wildman–Crippen MR) is 102 cm³/mol. The van der Waals surface area contributed by atoms with Crippen LogP contribution in [-0.4, -0.2) is 14.1 Å². The smallest absolute Gasteiger partial charge is 0.258 e. The Morgan fingerprint density at radius 1 is 0.963 bits per heavy atom. The highest BCUT2D eigenvalue weighted by atomic mass is 32.2. The van der Waals surface area contributed by atoms with E-state index < -0.39 is 17.1 Å². The molecule has 7 nitrogen and oxygen atoms in total. The zero-order valence-electron chi connectivity index (χ0n) is 14.5. The molecule has 2 aromatic carbocycles. The molecule has 0 unspecified atom stereocenters. The maximum atomic E-state index is 12.5. The van der Waals surface area contributed by atoms with Gasteiger partial charge in [0.2, 0.25) is 0 Å². The van der Waals surface area contributed by atoms with Gasteiger partial charge in [-0.3, -0.25) is 4.98 Å². The molecular weight excluding hydrogens is 364 g/mol. The Morgan fingerprint density at radius 2 is 1.56 bits per heavy atom. The van der Waals surface area contributed by atoms with E-state index in [1.807, 2.05) is 19.1 Å². The summed E-state index contributed by atoms with van der Waals surface area (Å²) in [6, 6.07) is 16.2. The van der Waals surface area contributed by atoms with Crippen molar-refractivity contribution < 1.29 is 0 Å². The minimum Gasteiger partial charge on any atom is -0.258 e. The molecule has 0 spiro atoms. The summed E-state index contributed by atoms with van der Waals surface area (Å²) >= 11 is 1.49. The molecule has 0 bridgehead atoms. The average Bonchev–Trinajstić information content (AvgIpc) is 2.67. The molecule has 0 saturated heterocycles. The van der Waals surface area contributed by atoms with Crippen molar-refractivity contribution in [3.05, 3.63) is 85.5 Å². The average molecular weight is 380 g/mol. The van der Waals surface area contributed by atoms with Gasteiger partial charge in [0, 0.05) is 16.3 Å². The number of hydrogen-bond donors (Lipinski definition) is 1. The molecule has 0 atom stereocenters. The van der Waals surface area contributed by atoms with Gasteiger partial charge in [0.25, 0.3) is 0 Å². The van der Waals surface area contributed by atoms with Crippen molar-refractivity contribution in [2.45, 2.75) is 29.7 Å². The van der Waals surface area contributed by atoms with Crippen molar-refractivity contribution in [3.8, 4) is 11.8 Å². The number of aromatic amines is 1. The number of H-pyrrole nitrogens is 1. The van der Waals surface area contributed by atoms with E-state index >= 15 is 0 Å². The molecule has 0 aliphatic heterocycles. The van der Waals surface area contributed by atoms with Crippen LogP contribution in [0.5, 0.6) is 0 Å². The highest BCUT2D eigenvalue weighted by Gasteiger charge is 2.11. The SMILES string of the molecule is CCCn1c(=O)[nH]c(=O)n(-c2ccc(Sc3ccc(C#N)cc3)cc2)c1=O. The molecule has 136 valence electrons. The van der Waals surface area contributed by atoms with Crippen molar-refractivity contribution >= 4 is 11.8 Å². The van der Waals surface area contributed by atoms with Gasteiger partial charge >= 0.3 is 17.1 Å². The summed E-state index contributed by atoms with van der Waals surface area (Å²) in [6.45, 7) is 2.08. The molecule has 1 aromatic heterocycles.